The standard InChI is InChI=1S/C13H26/c1-4-7-8-9-12-13(10-5-2)11-6-3/h10H,4-9,11-12H2,1-3H3. The molecule has 0 heterocycles. The van der Waals surface area contributed by atoms with Crippen LogP contribution in [0, 0.1) is 0 Å². The highest BCUT2D eigenvalue weighted by molar-refractivity contribution is 5.01. The smallest absolute Gasteiger partial charge is 0.0320 e. The van der Waals surface area contributed by atoms with Gasteiger partial charge >= 0.3 is 0 Å². The third-order valence-corrected chi connectivity index (χ3v) is 2.42. The largest absolute Gasteiger partial charge is 0.0856 e. The van der Waals surface area contributed by atoms with E-state index in [0.29, 0.717) is 0 Å². The van der Waals surface area contributed by atoms with E-state index in [0.717, 1.165) is 0 Å². The Balaban J connectivity index is 3.51. The van der Waals surface area contributed by atoms with Crippen LogP contribution in [0.2, 0.25) is 0 Å². The SMILES string of the molecule is CCC=C(CCC)CCCCCC. The van der Waals surface area contributed by atoms with Gasteiger partial charge in [0.2, 0.25) is 0 Å². The van der Waals surface area contributed by atoms with E-state index in [1.54, 1.807) is 5.57 Å². The molecule has 0 bridgehead atoms. The van der Waals surface area contributed by atoms with Crippen LogP contribution >= 0.6 is 0 Å². The summed E-state index contributed by atoms with van der Waals surface area (Å²) in [7, 11) is 0. The summed E-state index contributed by atoms with van der Waals surface area (Å²) in [5.74, 6) is 0. The lowest BCUT2D eigenvalue weighted by Gasteiger charge is -2.05. The molecule has 0 aliphatic carbocycles. The van der Waals surface area contributed by atoms with Gasteiger partial charge in [0.15, 0.2) is 0 Å². The molecule has 0 heteroatoms. The highest BCUT2D eigenvalue weighted by atomic mass is 14.0. The van der Waals surface area contributed by atoms with Crippen LogP contribution in [0.15, 0.2) is 11.6 Å². The molecule has 0 rings (SSSR count). The Morgan fingerprint density at radius 3 is 2.15 bits per heavy atom. The van der Waals surface area contributed by atoms with Gasteiger partial charge in [-0.3, -0.25) is 0 Å². The van der Waals surface area contributed by atoms with Crippen molar-refractivity contribution in [2.75, 3.05) is 0 Å². The van der Waals surface area contributed by atoms with Crippen molar-refractivity contribution in [1.82, 2.24) is 0 Å². The maximum absolute atomic E-state index is 2.43. The normalized spacial score (nSPS) is 12.1. The monoisotopic (exact) mass is 182 g/mol. The summed E-state index contributed by atoms with van der Waals surface area (Å²) in [5.41, 5.74) is 1.70. The molecule has 0 aromatic rings. The van der Waals surface area contributed by atoms with Crippen molar-refractivity contribution in [2.24, 2.45) is 0 Å². The molecule has 0 aliphatic heterocycles. The molecule has 78 valence electrons. The van der Waals surface area contributed by atoms with Crippen LogP contribution in [-0.2, 0) is 0 Å². The van der Waals surface area contributed by atoms with Crippen molar-refractivity contribution in [3.05, 3.63) is 11.6 Å². The van der Waals surface area contributed by atoms with E-state index in [1.165, 1.54) is 51.4 Å². The van der Waals surface area contributed by atoms with Crippen LogP contribution in [0.3, 0.4) is 0 Å². The van der Waals surface area contributed by atoms with Gasteiger partial charge in [0.05, 0.1) is 0 Å². The first-order valence-electron chi connectivity index (χ1n) is 6.03. The van der Waals surface area contributed by atoms with Crippen LogP contribution in [0.4, 0.5) is 0 Å². The van der Waals surface area contributed by atoms with Gasteiger partial charge in [-0.05, 0) is 25.7 Å². The van der Waals surface area contributed by atoms with Crippen LogP contribution < -0.4 is 0 Å². The topological polar surface area (TPSA) is 0 Å². The molecular weight excluding hydrogens is 156 g/mol. The van der Waals surface area contributed by atoms with Crippen molar-refractivity contribution >= 4 is 0 Å². The molecule has 0 fully saturated rings. The van der Waals surface area contributed by atoms with Gasteiger partial charge in [-0.2, -0.15) is 0 Å². The molecule has 0 radical (unpaired) electrons. The zero-order valence-corrected chi connectivity index (χ0v) is 9.73. The molecule has 13 heavy (non-hydrogen) atoms. The Bertz CT molecular complexity index is 122. The predicted molar refractivity (Wildman–Crippen MR) is 62.0 cm³/mol. The van der Waals surface area contributed by atoms with Gasteiger partial charge in [0.25, 0.3) is 0 Å². The highest BCUT2D eigenvalue weighted by Gasteiger charge is 1.95. The molecule has 0 nitrogen and oxygen atoms in total. The first kappa shape index (κ1) is 12.7. The lowest BCUT2D eigenvalue weighted by molar-refractivity contribution is 0.650. The molecule has 0 aromatic carbocycles. The Morgan fingerprint density at radius 1 is 0.846 bits per heavy atom. The number of hydrogen-bond donors (Lipinski definition) is 0. The second kappa shape index (κ2) is 9.83. The van der Waals surface area contributed by atoms with Gasteiger partial charge < -0.3 is 0 Å². The van der Waals surface area contributed by atoms with Crippen LogP contribution in [0.5, 0.6) is 0 Å². The van der Waals surface area contributed by atoms with Crippen molar-refractivity contribution in [2.45, 2.75) is 72.1 Å². The maximum atomic E-state index is 2.43. The summed E-state index contributed by atoms with van der Waals surface area (Å²) in [6.45, 7) is 6.78. The van der Waals surface area contributed by atoms with Crippen molar-refractivity contribution in [3.8, 4) is 0 Å². The summed E-state index contributed by atoms with van der Waals surface area (Å²) in [6.07, 6.45) is 13.2. The number of hydrogen-bond acceptors (Lipinski definition) is 0. The maximum Gasteiger partial charge on any atom is -0.0320 e. The summed E-state index contributed by atoms with van der Waals surface area (Å²) in [6, 6.07) is 0. The van der Waals surface area contributed by atoms with E-state index in [1.807, 2.05) is 0 Å². The Morgan fingerprint density at radius 2 is 1.62 bits per heavy atom. The number of rotatable bonds is 8. The predicted octanol–water partition coefficient (Wildman–Crippen LogP) is 5.09. The van der Waals surface area contributed by atoms with Gasteiger partial charge in [-0.1, -0.05) is 58.1 Å². The molecular formula is C13H26. The molecule has 0 N–H and O–H groups in total. The molecule has 0 aromatic heterocycles. The second-order valence-corrected chi connectivity index (χ2v) is 3.83. The van der Waals surface area contributed by atoms with E-state index in [2.05, 4.69) is 26.8 Å². The quantitative estimate of drug-likeness (QED) is 0.362. The van der Waals surface area contributed by atoms with E-state index in [-0.39, 0.29) is 0 Å². The number of allylic oxidation sites excluding steroid dienone is 2. The minimum absolute atomic E-state index is 1.21. The van der Waals surface area contributed by atoms with Gasteiger partial charge in [-0.15, -0.1) is 0 Å². The van der Waals surface area contributed by atoms with Crippen molar-refractivity contribution in [1.29, 1.82) is 0 Å². The molecule has 0 unspecified atom stereocenters. The van der Waals surface area contributed by atoms with Crippen LogP contribution in [0.25, 0.3) is 0 Å². The Kier molecular flexibility index (Phi) is 9.63. The second-order valence-electron chi connectivity index (χ2n) is 3.83. The third kappa shape index (κ3) is 8.08. The highest BCUT2D eigenvalue weighted by Crippen LogP contribution is 2.15. The van der Waals surface area contributed by atoms with Gasteiger partial charge in [0, 0.05) is 0 Å². The molecule has 0 amide bonds. The van der Waals surface area contributed by atoms with Crippen molar-refractivity contribution < 1.29 is 0 Å². The lowest BCUT2D eigenvalue weighted by Crippen LogP contribution is -1.85. The summed E-state index contributed by atoms with van der Waals surface area (Å²) in [4.78, 5) is 0. The molecule has 0 saturated heterocycles. The molecule has 0 saturated carbocycles. The summed E-state index contributed by atoms with van der Waals surface area (Å²) >= 11 is 0. The average molecular weight is 182 g/mol. The first-order chi connectivity index (χ1) is 6.35. The van der Waals surface area contributed by atoms with E-state index in [9.17, 15) is 0 Å². The zero-order valence-electron chi connectivity index (χ0n) is 9.73. The minimum atomic E-state index is 1.21. The fraction of sp³-hybridized carbons (Fsp3) is 0.846. The Labute approximate surface area is 84.4 Å². The third-order valence-electron chi connectivity index (χ3n) is 2.42. The van der Waals surface area contributed by atoms with E-state index >= 15 is 0 Å². The summed E-state index contributed by atoms with van der Waals surface area (Å²) < 4.78 is 0. The molecule has 0 atom stereocenters. The fourth-order valence-electron chi connectivity index (χ4n) is 1.72. The number of unbranched alkanes of at least 4 members (excludes halogenated alkanes) is 3. The lowest BCUT2D eigenvalue weighted by atomic mass is 10.0. The summed E-state index contributed by atoms with van der Waals surface area (Å²) in [5, 5.41) is 0. The van der Waals surface area contributed by atoms with Gasteiger partial charge in [-0.25, -0.2) is 0 Å². The zero-order chi connectivity index (χ0) is 9.94. The van der Waals surface area contributed by atoms with E-state index in [4.69, 9.17) is 0 Å². The fourth-order valence-corrected chi connectivity index (χ4v) is 1.72. The molecule has 0 spiro atoms. The van der Waals surface area contributed by atoms with Crippen LogP contribution in [-0.4, -0.2) is 0 Å². The van der Waals surface area contributed by atoms with Crippen LogP contribution in [0.1, 0.15) is 72.1 Å². The molecule has 0 aliphatic rings. The first-order valence-corrected chi connectivity index (χ1v) is 6.03. The van der Waals surface area contributed by atoms with Gasteiger partial charge in [0.1, 0.15) is 0 Å². The Hall–Kier alpha value is -0.260. The average Bonchev–Trinajstić information content (AvgIpc) is 2.13. The minimum Gasteiger partial charge on any atom is -0.0856 e. The van der Waals surface area contributed by atoms with E-state index < -0.39 is 0 Å². The van der Waals surface area contributed by atoms with Crippen molar-refractivity contribution in [3.63, 3.8) is 0 Å².